The first-order valence-electron chi connectivity index (χ1n) is 7.21. The molecule has 0 aliphatic carbocycles. The van der Waals surface area contributed by atoms with Gasteiger partial charge in [-0.25, -0.2) is 0 Å². The summed E-state index contributed by atoms with van der Waals surface area (Å²) in [6, 6.07) is 6.75. The van der Waals surface area contributed by atoms with E-state index in [1.165, 1.54) is 27.8 Å². The van der Waals surface area contributed by atoms with Crippen LogP contribution in [0.1, 0.15) is 12.0 Å². The molecular formula is C16H22N2OS. The van der Waals surface area contributed by atoms with Crippen LogP contribution in [0.4, 0.5) is 0 Å². The Morgan fingerprint density at radius 3 is 3.05 bits per heavy atom. The van der Waals surface area contributed by atoms with Crippen LogP contribution in [-0.4, -0.2) is 49.0 Å². The summed E-state index contributed by atoms with van der Waals surface area (Å²) >= 11 is 1.95. The van der Waals surface area contributed by atoms with Gasteiger partial charge in [-0.3, -0.25) is 0 Å². The molecule has 1 unspecified atom stereocenters. The summed E-state index contributed by atoms with van der Waals surface area (Å²) in [5, 5.41) is 1.99. The summed E-state index contributed by atoms with van der Waals surface area (Å²) in [6.45, 7) is 2.89. The monoisotopic (exact) mass is 290 g/mol. The quantitative estimate of drug-likeness (QED) is 0.917. The highest BCUT2D eigenvalue weighted by Gasteiger charge is 2.17. The number of nitrogens with one attached hydrogen (secondary N) is 1. The van der Waals surface area contributed by atoms with Crippen molar-refractivity contribution in [3.05, 3.63) is 30.0 Å². The minimum atomic E-state index is 0.622. The van der Waals surface area contributed by atoms with Crippen molar-refractivity contribution in [2.24, 2.45) is 0 Å². The van der Waals surface area contributed by atoms with E-state index >= 15 is 0 Å². The molecule has 0 bridgehead atoms. The van der Waals surface area contributed by atoms with E-state index in [0.717, 1.165) is 26.2 Å². The zero-order valence-electron chi connectivity index (χ0n) is 12.2. The maximum atomic E-state index is 5.46. The number of benzene rings is 1. The lowest BCUT2D eigenvalue weighted by molar-refractivity contribution is 0.199. The first-order valence-corrected chi connectivity index (χ1v) is 8.09. The van der Waals surface area contributed by atoms with Crippen LogP contribution in [0.15, 0.2) is 29.3 Å². The van der Waals surface area contributed by atoms with Gasteiger partial charge in [0.2, 0.25) is 0 Å². The highest BCUT2D eigenvalue weighted by Crippen LogP contribution is 2.31. The van der Waals surface area contributed by atoms with E-state index in [1.54, 1.807) is 0 Å². The smallest absolute Gasteiger partial charge is 0.0589 e. The van der Waals surface area contributed by atoms with Gasteiger partial charge >= 0.3 is 0 Å². The minimum Gasteiger partial charge on any atom is -0.380 e. The molecule has 1 aliphatic heterocycles. The molecule has 1 saturated heterocycles. The number of ether oxygens (including phenoxy) is 1. The van der Waals surface area contributed by atoms with Gasteiger partial charge in [0.05, 0.1) is 6.61 Å². The van der Waals surface area contributed by atoms with Gasteiger partial charge in [-0.1, -0.05) is 0 Å². The fraction of sp³-hybridized carbons (Fsp3) is 0.500. The van der Waals surface area contributed by atoms with E-state index in [1.807, 2.05) is 11.8 Å². The molecule has 1 atom stereocenters. The fourth-order valence-electron chi connectivity index (χ4n) is 2.58. The number of likely N-dealkylation sites (N-methyl/N-ethyl adjacent to an activating group) is 1. The van der Waals surface area contributed by atoms with Crippen LogP contribution >= 0.6 is 11.8 Å². The van der Waals surface area contributed by atoms with Crippen LogP contribution < -0.4 is 0 Å². The van der Waals surface area contributed by atoms with Crippen molar-refractivity contribution in [3.8, 4) is 0 Å². The number of H-pyrrole nitrogens is 1. The van der Waals surface area contributed by atoms with Crippen molar-refractivity contribution in [2.45, 2.75) is 23.0 Å². The second-order valence-electron chi connectivity index (χ2n) is 5.68. The van der Waals surface area contributed by atoms with E-state index in [-0.39, 0.29) is 0 Å². The highest BCUT2D eigenvalue weighted by molar-refractivity contribution is 8.00. The van der Waals surface area contributed by atoms with Crippen LogP contribution in [-0.2, 0) is 11.2 Å². The van der Waals surface area contributed by atoms with Gasteiger partial charge in [0.1, 0.15) is 0 Å². The Kier molecular flexibility index (Phi) is 4.34. The molecule has 1 N–H and O–H groups in total. The predicted octanol–water partition coefficient (Wildman–Crippen LogP) is 3.15. The number of fused-ring (bicyclic) bond motifs is 1. The van der Waals surface area contributed by atoms with Crippen LogP contribution in [0.5, 0.6) is 0 Å². The molecular weight excluding hydrogens is 268 g/mol. The van der Waals surface area contributed by atoms with Gasteiger partial charge < -0.3 is 14.6 Å². The van der Waals surface area contributed by atoms with Crippen LogP contribution in [0.25, 0.3) is 10.9 Å². The fourth-order valence-corrected chi connectivity index (χ4v) is 3.68. The molecule has 20 heavy (non-hydrogen) atoms. The average molecular weight is 290 g/mol. The Balaban J connectivity index is 1.78. The van der Waals surface area contributed by atoms with Gasteiger partial charge in [-0.05, 0) is 50.7 Å². The standard InChI is InChI=1S/C16H22N2OS/c1-18(2)7-5-12-10-17-16-4-3-13(9-15(12)16)20-14-6-8-19-11-14/h3-4,9-10,14,17H,5-8,11H2,1-2H3. The molecule has 2 heterocycles. The van der Waals surface area contributed by atoms with Crippen molar-refractivity contribution < 1.29 is 4.74 Å². The Hall–Kier alpha value is -0.970. The number of thioether (sulfide) groups is 1. The van der Waals surface area contributed by atoms with Crippen molar-refractivity contribution in [1.29, 1.82) is 0 Å². The van der Waals surface area contributed by atoms with Gasteiger partial charge in [0, 0.05) is 40.4 Å². The van der Waals surface area contributed by atoms with Crippen LogP contribution in [0.2, 0.25) is 0 Å². The van der Waals surface area contributed by atoms with Crippen molar-refractivity contribution in [3.63, 3.8) is 0 Å². The summed E-state index contributed by atoms with van der Waals surface area (Å²) < 4.78 is 5.46. The van der Waals surface area contributed by atoms with Crippen LogP contribution in [0.3, 0.4) is 0 Å². The summed E-state index contributed by atoms with van der Waals surface area (Å²) in [6.07, 6.45) is 4.41. The molecule has 3 rings (SSSR count). The first kappa shape index (κ1) is 14.0. The molecule has 4 heteroatoms. The van der Waals surface area contributed by atoms with Crippen LogP contribution in [0, 0.1) is 0 Å². The molecule has 0 amide bonds. The predicted molar refractivity (Wildman–Crippen MR) is 85.6 cm³/mol. The Morgan fingerprint density at radius 1 is 1.40 bits per heavy atom. The molecule has 1 aliphatic rings. The van der Waals surface area contributed by atoms with Crippen molar-refractivity contribution in [1.82, 2.24) is 9.88 Å². The third-order valence-corrected chi connectivity index (χ3v) is 4.99. The maximum Gasteiger partial charge on any atom is 0.0589 e. The molecule has 0 spiro atoms. The Labute approximate surface area is 124 Å². The Morgan fingerprint density at radius 2 is 2.30 bits per heavy atom. The topological polar surface area (TPSA) is 28.3 Å². The zero-order chi connectivity index (χ0) is 13.9. The number of nitrogens with zero attached hydrogens (tertiary/aromatic N) is 1. The first-order chi connectivity index (χ1) is 9.72. The molecule has 108 valence electrons. The molecule has 2 aromatic rings. The largest absolute Gasteiger partial charge is 0.380 e. The third-order valence-electron chi connectivity index (χ3n) is 3.76. The average Bonchev–Trinajstić information content (AvgIpc) is 3.05. The molecule has 1 fully saturated rings. The third kappa shape index (κ3) is 3.19. The number of hydrogen-bond donors (Lipinski definition) is 1. The lowest BCUT2D eigenvalue weighted by atomic mass is 10.1. The van der Waals surface area contributed by atoms with Gasteiger partial charge in [0.25, 0.3) is 0 Å². The summed E-state index contributed by atoms with van der Waals surface area (Å²) in [4.78, 5) is 6.97. The molecule has 3 nitrogen and oxygen atoms in total. The van der Waals surface area contributed by atoms with Crippen molar-refractivity contribution >= 4 is 22.7 Å². The lowest BCUT2D eigenvalue weighted by Crippen LogP contribution is -2.14. The minimum absolute atomic E-state index is 0.622. The number of hydrogen-bond acceptors (Lipinski definition) is 3. The SMILES string of the molecule is CN(C)CCc1c[nH]c2ccc(SC3CCOC3)cc12. The second kappa shape index (κ2) is 6.20. The Bertz CT molecular complexity index is 573. The molecule has 0 saturated carbocycles. The zero-order valence-corrected chi connectivity index (χ0v) is 13.0. The van der Waals surface area contributed by atoms with E-state index in [0.29, 0.717) is 5.25 Å². The van der Waals surface area contributed by atoms with E-state index in [4.69, 9.17) is 4.74 Å². The van der Waals surface area contributed by atoms with E-state index in [9.17, 15) is 0 Å². The molecule has 0 radical (unpaired) electrons. The normalized spacial score (nSPS) is 19.2. The lowest BCUT2D eigenvalue weighted by Gasteiger charge is -2.09. The van der Waals surface area contributed by atoms with Gasteiger partial charge in [-0.2, -0.15) is 0 Å². The summed E-state index contributed by atoms with van der Waals surface area (Å²) in [7, 11) is 4.24. The van der Waals surface area contributed by atoms with E-state index < -0.39 is 0 Å². The summed E-state index contributed by atoms with van der Waals surface area (Å²) in [5.41, 5.74) is 2.66. The molecule has 1 aromatic heterocycles. The molecule has 1 aromatic carbocycles. The number of aromatic amines is 1. The second-order valence-corrected chi connectivity index (χ2v) is 7.05. The number of aromatic nitrogens is 1. The van der Waals surface area contributed by atoms with Gasteiger partial charge in [-0.15, -0.1) is 11.8 Å². The van der Waals surface area contributed by atoms with Crippen molar-refractivity contribution in [2.75, 3.05) is 33.9 Å². The number of rotatable bonds is 5. The summed E-state index contributed by atoms with van der Waals surface area (Å²) in [5.74, 6) is 0. The van der Waals surface area contributed by atoms with Gasteiger partial charge in [0.15, 0.2) is 0 Å². The van der Waals surface area contributed by atoms with E-state index in [2.05, 4.69) is 48.4 Å². The maximum absolute atomic E-state index is 5.46. The highest BCUT2D eigenvalue weighted by atomic mass is 32.2.